The zero-order valence-corrected chi connectivity index (χ0v) is 10.7. The smallest absolute Gasteiger partial charge is 0.128 e. The molecule has 0 spiro atoms. The number of ether oxygens (including phenoxy) is 1. The van der Waals surface area contributed by atoms with Gasteiger partial charge < -0.3 is 10.5 Å². The average Bonchev–Trinajstić information content (AvgIpc) is 2.31. The van der Waals surface area contributed by atoms with E-state index in [1.165, 1.54) is 0 Å². The SMILES string of the molecule is CCOC(C(C)C)C(NN)c1cccnc1N. The van der Waals surface area contributed by atoms with Crippen molar-refractivity contribution in [3.05, 3.63) is 23.9 Å². The molecule has 17 heavy (non-hydrogen) atoms. The highest BCUT2D eigenvalue weighted by Gasteiger charge is 2.27. The van der Waals surface area contributed by atoms with E-state index in [0.29, 0.717) is 18.3 Å². The summed E-state index contributed by atoms with van der Waals surface area (Å²) < 4.78 is 5.74. The van der Waals surface area contributed by atoms with Gasteiger partial charge in [-0.05, 0) is 18.9 Å². The van der Waals surface area contributed by atoms with Crippen LogP contribution in [0.1, 0.15) is 32.4 Å². The third-order valence-corrected chi connectivity index (χ3v) is 2.73. The normalized spacial score (nSPS) is 14.9. The molecule has 1 rings (SSSR count). The molecule has 0 fully saturated rings. The Labute approximate surface area is 103 Å². The first kappa shape index (κ1) is 13.9. The molecule has 1 aromatic heterocycles. The van der Waals surface area contributed by atoms with E-state index in [1.54, 1.807) is 6.20 Å². The Hall–Kier alpha value is -1.17. The summed E-state index contributed by atoms with van der Waals surface area (Å²) in [6.07, 6.45) is 1.63. The number of hydrazine groups is 1. The van der Waals surface area contributed by atoms with Crippen LogP contribution >= 0.6 is 0 Å². The second-order valence-corrected chi connectivity index (χ2v) is 4.29. The highest BCUT2D eigenvalue weighted by molar-refractivity contribution is 5.41. The molecule has 1 aromatic rings. The van der Waals surface area contributed by atoms with Gasteiger partial charge in [0.2, 0.25) is 0 Å². The Bertz CT molecular complexity index is 343. The first-order valence-electron chi connectivity index (χ1n) is 5.89. The molecule has 0 aromatic carbocycles. The fraction of sp³-hybridized carbons (Fsp3) is 0.583. The van der Waals surface area contributed by atoms with E-state index in [4.69, 9.17) is 16.3 Å². The molecule has 0 aliphatic carbocycles. The minimum absolute atomic E-state index is 0.0310. The Kier molecular flexibility index (Phi) is 5.34. The van der Waals surface area contributed by atoms with Crippen molar-refractivity contribution in [1.82, 2.24) is 10.4 Å². The lowest BCUT2D eigenvalue weighted by molar-refractivity contribution is 0.00288. The summed E-state index contributed by atoms with van der Waals surface area (Å²) in [6.45, 7) is 6.80. The Morgan fingerprint density at radius 3 is 2.65 bits per heavy atom. The predicted octanol–water partition coefficient (Wildman–Crippen LogP) is 1.23. The zero-order valence-electron chi connectivity index (χ0n) is 10.7. The molecule has 5 N–H and O–H groups in total. The van der Waals surface area contributed by atoms with Gasteiger partial charge in [0.05, 0.1) is 12.1 Å². The van der Waals surface area contributed by atoms with Crippen LogP contribution in [0.3, 0.4) is 0 Å². The lowest BCUT2D eigenvalue weighted by atomic mass is 9.94. The topological polar surface area (TPSA) is 86.2 Å². The molecule has 96 valence electrons. The lowest BCUT2D eigenvalue weighted by Gasteiger charge is -2.30. The molecule has 0 bridgehead atoms. The molecule has 2 atom stereocenters. The summed E-state index contributed by atoms with van der Waals surface area (Å²) in [6, 6.07) is 3.62. The molecule has 2 unspecified atom stereocenters. The molecular formula is C12H22N4O. The molecule has 1 heterocycles. The van der Waals surface area contributed by atoms with Gasteiger partial charge in [-0.25, -0.2) is 4.98 Å². The Morgan fingerprint density at radius 2 is 2.18 bits per heavy atom. The molecule has 0 aliphatic heterocycles. The maximum atomic E-state index is 5.87. The number of pyridine rings is 1. The van der Waals surface area contributed by atoms with Gasteiger partial charge in [0, 0.05) is 18.4 Å². The third-order valence-electron chi connectivity index (χ3n) is 2.73. The van der Waals surface area contributed by atoms with E-state index in [9.17, 15) is 0 Å². The van der Waals surface area contributed by atoms with Crippen molar-refractivity contribution < 1.29 is 4.74 Å². The molecular weight excluding hydrogens is 216 g/mol. The Balaban J connectivity index is 3.00. The van der Waals surface area contributed by atoms with Gasteiger partial charge in [0.1, 0.15) is 5.82 Å². The van der Waals surface area contributed by atoms with Crippen molar-refractivity contribution in [2.75, 3.05) is 12.3 Å². The van der Waals surface area contributed by atoms with Crippen LogP contribution in [0.4, 0.5) is 5.82 Å². The number of nitrogen functional groups attached to an aromatic ring is 1. The van der Waals surface area contributed by atoms with Crippen molar-refractivity contribution in [2.45, 2.75) is 32.9 Å². The van der Waals surface area contributed by atoms with Crippen LogP contribution in [0, 0.1) is 5.92 Å². The number of nitrogens with two attached hydrogens (primary N) is 2. The molecule has 0 amide bonds. The summed E-state index contributed by atoms with van der Waals surface area (Å²) in [7, 11) is 0. The lowest BCUT2D eigenvalue weighted by Crippen LogP contribution is -2.41. The Morgan fingerprint density at radius 1 is 1.47 bits per heavy atom. The zero-order chi connectivity index (χ0) is 12.8. The first-order valence-corrected chi connectivity index (χ1v) is 5.89. The summed E-state index contributed by atoms with van der Waals surface area (Å²) in [5.74, 6) is 6.45. The molecule has 5 nitrogen and oxygen atoms in total. The van der Waals surface area contributed by atoms with Gasteiger partial charge in [0.15, 0.2) is 0 Å². The van der Waals surface area contributed by atoms with E-state index in [0.717, 1.165) is 5.56 Å². The van der Waals surface area contributed by atoms with E-state index in [1.807, 2.05) is 19.1 Å². The van der Waals surface area contributed by atoms with Crippen LogP contribution in [0.15, 0.2) is 18.3 Å². The number of hydrogen-bond donors (Lipinski definition) is 3. The van der Waals surface area contributed by atoms with Gasteiger partial charge in [-0.2, -0.15) is 0 Å². The molecule has 0 aliphatic rings. The fourth-order valence-electron chi connectivity index (χ4n) is 1.92. The van der Waals surface area contributed by atoms with Crippen LogP contribution in [0.2, 0.25) is 0 Å². The number of aromatic nitrogens is 1. The minimum atomic E-state index is -0.149. The summed E-state index contributed by atoms with van der Waals surface area (Å²) in [5, 5.41) is 0. The van der Waals surface area contributed by atoms with Crippen molar-refractivity contribution in [1.29, 1.82) is 0 Å². The number of rotatable bonds is 6. The number of anilines is 1. The number of nitrogens with zero attached hydrogens (tertiary/aromatic N) is 1. The maximum absolute atomic E-state index is 5.87. The van der Waals surface area contributed by atoms with E-state index in [-0.39, 0.29) is 12.1 Å². The van der Waals surface area contributed by atoms with Crippen molar-refractivity contribution in [2.24, 2.45) is 11.8 Å². The summed E-state index contributed by atoms with van der Waals surface area (Å²) in [4.78, 5) is 4.08. The fourth-order valence-corrected chi connectivity index (χ4v) is 1.92. The molecule has 0 saturated heterocycles. The van der Waals surface area contributed by atoms with E-state index in [2.05, 4.69) is 24.3 Å². The van der Waals surface area contributed by atoms with Crippen molar-refractivity contribution in [3.63, 3.8) is 0 Å². The van der Waals surface area contributed by atoms with Gasteiger partial charge in [0.25, 0.3) is 0 Å². The highest BCUT2D eigenvalue weighted by atomic mass is 16.5. The number of hydrogen-bond acceptors (Lipinski definition) is 5. The van der Waals surface area contributed by atoms with E-state index < -0.39 is 0 Å². The third kappa shape index (κ3) is 3.39. The molecule has 0 radical (unpaired) electrons. The predicted molar refractivity (Wildman–Crippen MR) is 69.0 cm³/mol. The van der Waals surface area contributed by atoms with Gasteiger partial charge in [-0.3, -0.25) is 11.3 Å². The molecule has 5 heteroatoms. The summed E-state index contributed by atoms with van der Waals surface area (Å²) in [5.41, 5.74) is 9.53. The first-order chi connectivity index (χ1) is 8.11. The average molecular weight is 238 g/mol. The van der Waals surface area contributed by atoms with E-state index >= 15 is 0 Å². The van der Waals surface area contributed by atoms with Gasteiger partial charge in [-0.1, -0.05) is 19.9 Å². The second-order valence-electron chi connectivity index (χ2n) is 4.29. The monoisotopic (exact) mass is 238 g/mol. The highest BCUT2D eigenvalue weighted by Crippen LogP contribution is 2.26. The number of nitrogens with one attached hydrogen (secondary N) is 1. The van der Waals surface area contributed by atoms with Crippen molar-refractivity contribution >= 4 is 5.82 Å². The van der Waals surface area contributed by atoms with Crippen LogP contribution < -0.4 is 17.0 Å². The maximum Gasteiger partial charge on any atom is 0.128 e. The standard InChI is InChI=1S/C12H22N4O/c1-4-17-11(8(2)3)10(16-14)9-6-5-7-15-12(9)13/h5-8,10-11,16H,4,14H2,1-3H3,(H2,13,15). The van der Waals surface area contributed by atoms with Gasteiger partial charge in [-0.15, -0.1) is 0 Å². The van der Waals surface area contributed by atoms with Crippen LogP contribution in [-0.2, 0) is 4.74 Å². The van der Waals surface area contributed by atoms with Crippen LogP contribution in [0.5, 0.6) is 0 Å². The quantitative estimate of drug-likeness (QED) is 0.512. The minimum Gasteiger partial charge on any atom is -0.383 e. The summed E-state index contributed by atoms with van der Waals surface area (Å²) >= 11 is 0. The largest absolute Gasteiger partial charge is 0.383 e. The van der Waals surface area contributed by atoms with Crippen LogP contribution in [0.25, 0.3) is 0 Å². The van der Waals surface area contributed by atoms with Crippen LogP contribution in [-0.4, -0.2) is 17.7 Å². The second kappa shape index (κ2) is 6.54. The van der Waals surface area contributed by atoms with Gasteiger partial charge >= 0.3 is 0 Å². The molecule has 0 saturated carbocycles. The van der Waals surface area contributed by atoms with Crippen molar-refractivity contribution in [3.8, 4) is 0 Å².